The summed E-state index contributed by atoms with van der Waals surface area (Å²) < 4.78 is 21.2. The molecular formula is C20H19ClFN5OS. The second-order valence-corrected chi connectivity index (χ2v) is 8.70. The van der Waals surface area contributed by atoms with Gasteiger partial charge in [0.25, 0.3) is 0 Å². The molecule has 9 heteroatoms. The largest absolute Gasteiger partial charge is 0.376 e. The lowest BCUT2D eigenvalue weighted by Gasteiger charge is -2.14. The number of hydrogen-bond acceptors (Lipinski definition) is 6. The lowest BCUT2D eigenvalue weighted by atomic mass is 10.2. The molecule has 1 atom stereocenters. The summed E-state index contributed by atoms with van der Waals surface area (Å²) in [6.07, 6.45) is 4.37. The van der Waals surface area contributed by atoms with Gasteiger partial charge in [-0.15, -0.1) is 10.2 Å². The third-order valence-corrected chi connectivity index (χ3v) is 6.15. The Morgan fingerprint density at radius 3 is 2.69 bits per heavy atom. The Morgan fingerprint density at radius 1 is 1.14 bits per heavy atom. The molecule has 1 saturated heterocycles. The lowest BCUT2D eigenvalue weighted by molar-refractivity contribution is 0.0953. The lowest BCUT2D eigenvalue weighted by Crippen LogP contribution is -2.16. The van der Waals surface area contributed by atoms with Gasteiger partial charge in [-0.2, -0.15) is 0 Å². The van der Waals surface area contributed by atoms with E-state index < -0.39 is 0 Å². The minimum atomic E-state index is -0.281. The molecule has 0 bridgehead atoms. The van der Waals surface area contributed by atoms with E-state index in [1.165, 1.54) is 23.9 Å². The van der Waals surface area contributed by atoms with Gasteiger partial charge in [0.1, 0.15) is 21.8 Å². The average molecular weight is 432 g/mol. The highest BCUT2D eigenvalue weighted by Crippen LogP contribution is 2.40. The molecule has 1 saturated carbocycles. The van der Waals surface area contributed by atoms with E-state index in [0.29, 0.717) is 28.6 Å². The molecular weight excluding hydrogens is 413 g/mol. The molecule has 0 amide bonds. The highest BCUT2D eigenvalue weighted by Gasteiger charge is 2.28. The Bertz CT molecular complexity index is 1020. The van der Waals surface area contributed by atoms with Crippen molar-refractivity contribution in [3.8, 4) is 11.4 Å². The standard InChI is InChI=1S/C20H19ClFN5OS/c21-16-10-17(24-18(23-16)12-3-4-12)29-20-26-25-19(13-5-7-14(22)8-6-13)27(20)11-15-2-1-9-28-15/h5-8,10,12,15H,1-4,9,11H2. The number of ether oxygens (including phenoxy) is 1. The first-order valence-electron chi connectivity index (χ1n) is 9.69. The molecule has 2 aromatic heterocycles. The van der Waals surface area contributed by atoms with Crippen molar-refractivity contribution in [1.82, 2.24) is 24.7 Å². The second kappa shape index (κ2) is 8.01. The summed E-state index contributed by atoms with van der Waals surface area (Å²) in [7, 11) is 0. The summed E-state index contributed by atoms with van der Waals surface area (Å²) in [4.78, 5) is 9.01. The van der Waals surface area contributed by atoms with Crippen LogP contribution in [0.3, 0.4) is 0 Å². The van der Waals surface area contributed by atoms with Crippen molar-refractivity contribution < 1.29 is 9.13 Å². The van der Waals surface area contributed by atoms with Gasteiger partial charge in [0.15, 0.2) is 11.0 Å². The van der Waals surface area contributed by atoms with E-state index in [1.807, 2.05) is 4.57 Å². The minimum Gasteiger partial charge on any atom is -0.376 e. The van der Waals surface area contributed by atoms with Crippen LogP contribution in [0.15, 0.2) is 40.5 Å². The molecule has 1 aliphatic carbocycles. The molecule has 6 nitrogen and oxygen atoms in total. The summed E-state index contributed by atoms with van der Waals surface area (Å²) in [6, 6.07) is 8.04. The Kier molecular flexibility index (Phi) is 5.24. The van der Waals surface area contributed by atoms with Gasteiger partial charge in [-0.25, -0.2) is 14.4 Å². The van der Waals surface area contributed by atoms with Gasteiger partial charge in [-0.05, 0) is 61.7 Å². The normalized spacial score (nSPS) is 19.0. The van der Waals surface area contributed by atoms with E-state index in [4.69, 9.17) is 16.3 Å². The Hall–Kier alpha value is -2.03. The zero-order chi connectivity index (χ0) is 19.8. The molecule has 2 aliphatic rings. The molecule has 150 valence electrons. The zero-order valence-corrected chi connectivity index (χ0v) is 17.2. The summed E-state index contributed by atoms with van der Waals surface area (Å²) in [5.74, 6) is 1.61. The third-order valence-electron chi connectivity index (χ3n) is 5.06. The van der Waals surface area contributed by atoms with Crippen molar-refractivity contribution in [2.24, 2.45) is 0 Å². The number of rotatable bonds is 6. The van der Waals surface area contributed by atoms with Crippen molar-refractivity contribution in [2.45, 2.75) is 54.4 Å². The monoisotopic (exact) mass is 431 g/mol. The molecule has 0 N–H and O–H groups in total. The number of hydrogen-bond donors (Lipinski definition) is 0. The van der Waals surface area contributed by atoms with E-state index in [0.717, 1.165) is 48.7 Å². The molecule has 0 spiro atoms. The smallest absolute Gasteiger partial charge is 0.197 e. The number of nitrogens with zero attached hydrogens (tertiary/aromatic N) is 5. The number of halogens is 2. The SMILES string of the molecule is Fc1ccc(-c2nnc(Sc3cc(Cl)nc(C4CC4)n3)n2CC2CCCO2)cc1. The van der Waals surface area contributed by atoms with Crippen LogP contribution in [0.4, 0.5) is 4.39 Å². The van der Waals surface area contributed by atoms with Gasteiger partial charge >= 0.3 is 0 Å². The summed E-state index contributed by atoms with van der Waals surface area (Å²) >= 11 is 7.63. The maximum Gasteiger partial charge on any atom is 0.197 e. The maximum atomic E-state index is 13.4. The Morgan fingerprint density at radius 2 is 1.97 bits per heavy atom. The van der Waals surface area contributed by atoms with Crippen LogP contribution in [0.2, 0.25) is 5.15 Å². The van der Waals surface area contributed by atoms with Gasteiger partial charge in [0.2, 0.25) is 0 Å². The summed E-state index contributed by atoms with van der Waals surface area (Å²) in [5.41, 5.74) is 0.808. The van der Waals surface area contributed by atoms with E-state index in [1.54, 1.807) is 18.2 Å². The second-order valence-electron chi connectivity index (χ2n) is 7.32. The number of aromatic nitrogens is 5. The molecule has 1 unspecified atom stereocenters. The molecule has 3 aromatic rings. The first kappa shape index (κ1) is 19.0. The van der Waals surface area contributed by atoms with Crippen molar-refractivity contribution in [1.29, 1.82) is 0 Å². The summed E-state index contributed by atoms with van der Waals surface area (Å²) in [5, 5.41) is 10.7. The first-order chi connectivity index (χ1) is 14.2. The molecule has 1 aliphatic heterocycles. The predicted molar refractivity (Wildman–Crippen MR) is 108 cm³/mol. The van der Waals surface area contributed by atoms with Crippen molar-refractivity contribution >= 4 is 23.4 Å². The van der Waals surface area contributed by atoms with Crippen molar-refractivity contribution in [3.05, 3.63) is 47.1 Å². The molecule has 29 heavy (non-hydrogen) atoms. The van der Waals surface area contributed by atoms with Crippen LogP contribution in [0, 0.1) is 5.82 Å². The van der Waals surface area contributed by atoms with Gasteiger partial charge in [0.05, 0.1) is 12.6 Å². The zero-order valence-electron chi connectivity index (χ0n) is 15.6. The predicted octanol–water partition coefficient (Wildman–Crippen LogP) is 4.74. The minimum absolute atomic E-state index is 0.112. The molecule has 2 fully saturated rings. The van der Waals surface area contributed by atoms with Crippen LogP contribution in [0.5, 0.6) is 0 Å². The van der Waals surface area contributed by atoms with Gasteiger partial charge in [-0.1, -0.05) is 11.6 Å². The quantitative estimate of drug-likeness (QED) is 0.525. The average Bonchev–Trinajstić information content (AvgIpc) is 3.31. The fourth-order valence-corrected chi connectivity index (χ4v) is 4.52. The van der Waals surface area contributed by atoms with Crippen molar-refractivity contribution in [3.63, 3.8) is 0 Å². The molecule has 5 rings (SSSR count). The van der Waals surface area contributed by atoms with Crippen LogP contribution in [0.1, 0.15) is 37.4 Å². The Labute approximate surface area is 176 Å². The van der Waals surface area contributed by atoms with Crippen LogP contribution in [-0.2, 0) is 11.3 Å². The maximum absolute atomic E-state index is 13.4. The first-order valence-corrected chi connectivity index (χ1v) is 10.9. The molecule has 0 radical (unpaired) electrons. The van der Waals surface area contributed by atoms with Crippen LogP contribution >= 0.6 is 23.4 Å². The highest BCUT2D eigenvalue weighted by molar-refractivity contribution is 7.99. The van der Waals surface area contributed by atoms with Gasteiger partial charge < -0.3 is 4.74 Å². The number of benzene rings is 1. The third kappa shape index (κ3) is 4.29. The fourth-order valence-electron chi connectivity index (χ4n) is 3.42. The fraction of sp³-hybridized carbons (Fsp3) is 0.400. The summed E-state index contributed by atoms with van der Waals surface area (Å²) in [6.45, 7) is 1.41. The topological polar surface area (TPSA) is 65.7 Å². The van der Waals surface area contributed by atoms with E-state index in [-0.39, 0.29) is 11.9 Å². The molecule has 3 heterocycles. The van der Waals surface area contributed by atoms with Gasteiger partial charge in [0, 0.05) is 24.2 Å². The van der Waals surface area contributed by atoms with E-state index >= 15 is 0 Å². The van der Waals surface area contributed by atoms with Crippen LogP contribution < -0.4 is 0 Å². The molecule has 1 aromatic carbocycles. The van der Waals surface area contributed by atoms with Crippen molar-refractivity contribution in [2.75, 3.05) is 6.61 Å². The van der Waals surface area contributed by atoms with Crippen LogP contribution in [0.25, 0.3) is 11.4 Å². The van der Waals surface area contributed by atoms with E-state index in [2.05, 4.69) is 20.2 Å². The van der Waals surface area contributed by atoms with Gasteiger partial charge in [-0.3, -0.25) is 4.57 Å². The highest BCUT2D eigenvalue weighted by atomic mass is 35.5. The van der Waals surface area contributed by atoms with Crippen LogP contribution in [-0.4, -0.2) is 37.4 Å². The Balaban J connectivity index is 1.49. The van der Waals surface area contributed by atoms with E-state index in [9.17, 15) is 4.39 Å².